The minimum Gasteiger partial charge on any atom is -0.394 e. The minimum atomic E-state index is -0.562. The van der Waals surface area contributed by atoms with Gasteiger partial charge in [-0.1, -0.05) is 6.92 Å². The highest BCUT2D eigenvalue weighted by Crippen LogP contribution is 1.91. The number of carbonyl (C=O) groups is 2. The number of carbonyl (C=O) groups excluding carboxylic acids is 2. The Hall–Kier alpha value is -1.10. The van der Waals surface area contributed by atoms with Gasteiger partial charge in [0.15, 0.2) is 0 Å². The van der Waals surface area contributed by atoms with Crippen LogP contribution in [0.3, 0.4) is 0 Å². The molecule has 0 radical (unpaired) electrons. The van der Waals surface area contributed by atoms with E-state index < -0.39 is 6.04 Å². The predicted molar refractivity (Wildman–Crippen MR) is 52.6 cm³/mol. The highest BCUT2D eigenvalue weighted by atomic mass is 16.3. The first-order chi connectivity index (χ1) is 6.51. The van der Waals surface area contributed by atoms with Crippen LogP contribution in [0.4, 0.5) is 0 Å². The van der Waals surface area contributed by atoms with Crippen molar-refractivity contribution in [3.63, 3.8) is 0 Å². The topological polar surface area (TPSA) is 78.4 Å². The van der Waals surface area contributed by atoms with Crippen molar-refractivity contribution in [2.45, 2.75) is 39.3 Å². The molecule has 5 nitrogen and oxygen atoms in total. The van der Waals surface area contributed by atoms with Crippen LogP contribution in [0.1, 0.15) is 27.2 Å². The molecule has 82 valence electrons. The van der Waals surface area contributed by atoms with Gasteiger partial charge in [-0.15, -0.1) is 0 Å². The predicted octanol–water partition coefficient (Wildman–Crippen LogP) is -0.602. The highest BCUT2D eigenvalue weighted by molar-refractivity contribution is 5.86. The molecule has 2 unspecified atom stereocenters. The maximum atomic E-state index is 11.4. The molecule has 0 fully saturated rings. The second-order valence-corrected chi connectivity index (χ2v) is 3.22. The van der Waals surface area contributed by atoms with Crippen LogP contribution >= 0.6 is 0 Å². The third-order valence-electron chi connectivity index (χ3n) is 1.87. The van der Waals surface area contributed by atoms with Crippen LogP contribution in [0.15, 0.2) is 0 Å². The van der Waals surface area contributed by atoms with Gasteiger partial charge in [-0.3, -0.25) is 9.59 Å². The summed E-state index contributed by atoms with van der Waals surface area (Å²) in [6.07, 6.45) is 0.662. The molecule has 14 heavy (non-hydrogen) atoms. The van der Waals surface area contributed by atoms with Crippen LogP contribution in [0.5, 0.6) is 0 Å². The Bertz CT molecular complexity index is 202. The van der Waals surface area contributed by atoms with Crippen LogP contribution in [0.25, 0.3) is 0 Å². The quantitative estimate of drug-likeness (QED) is 0.557. The Morgan fingerprint density at radius 3 is 2.29 bits per heavy atom. The Morgan fingerprint density at radius 1 is 1.36 bits per heavy atom. The first kappa shape index (κ1) is 12.9. The fraction of sp³-hybridized carbons (Fsp3) is 0.778. The number of hydrogen-bond donors (Lipinski definition) is 3. The zero-order valence-corrected chi connectivity index (χ0v) is 8.83. The van der Waals surface area contributed by atoms with Crippen molar-refractivity contribution >= 4 is 11.8 Å². The van der Waals surface area contributed by atoms with Gasteiger partial charge in [0, 0.05) is 6.92 Å². The molecule has 0 spiro atoms. The average molecular weight is 202 g/mol. The summed E-state index contributed by atoms with van der Waals surface area (Å²) in [4.78, 5) is 22.0. The number of hydrogen-bond acceptors (Lipinski definition) is 3. The van der Waals surface area contributed by atoms with Gasteiger partial charge in [-0.25, -0.2) is 0 Å². The van der Waals surface area contributed by atoms with Gasteiger partial charge in [-0.2, -0.15) is 0 Å². The molecule has 0 saturated carbocycles. The van der Waals surface area contributed by atoms with Crippen LogP contribution in [-0.2, 0) is 9.59 Å². The highest BCUT2D eigenvalue weighted by Gasteiger charge is 2.16. The van der Waals surface area contributed by atoms with Crippen molar-refractivity contribution in [3.05, 3.63) is 0 Å². The summed E-state index contributed by atoms with van der Waals surface area (Å²) in [5.74, 6) is -0.522. The normalized spacial score (nSPS) is 14.3. The van der Waals surface area contributed by atoms with Crippen molar-refractivity contribution in [3.8, 4) is 0 Å². The van der Waals surface area contributed by atoms with E-state index >= 15 is 0 Å². The van der Waals surface area contributed by atoms with Crippen molar-refractivity contribution in [1.29, 1.82) is 0 Å². The molecule has 0 saturated heterocycles. The maximum absolute atomic E-state index is 11.4. The summed E-state index contributed by atoms with van der Waals surface area (Å²) in [7, 11) is 0. The van der Waals surface area contributed by atoms with Gasteiger partial charge in [0.25, 0.3) is 0 Å². The third-order valence-corrected chi connectivity index (χ3v) is 1.87. The van der Waals surface area contributed by atoms with E-state index in [1.807, 2.05) is 6.92 Å². The van der Waals surface area contributed by atoms with Crippen molar-refractivity contribution in [1.82, 2.24) is 10.6 Å². The molecule has 5 heteroatoms. The van der Waals surface area contributed by atoms with E-state index in [2.05, 4.69) is 10.6 Å². The van der Waals surface area contributed by atoms with E-state index in [1.165, 1.54) is 6.92 Å². The smallest absolute Gasteiger partial charge is 0.242 e. The third kappa shape index (κ3) is 4.81. The fourth-order valence-corrected chi connectivity index (χ4v) is 0.973. The molecule has 2 amide bonds. The van der Waals surface area contributed by atoms with E-state index in [-0.39, 0.29) is 24.5 Å². The van der Waals surface area contributed by atoms with Crippen LogP contribution in [0, 0.1) is 0 Å². The van der Waals surface area contributed by atoms with Gasteiger partial charge in [-0.05, 0) is 13.3 Å². The molecule has 0 aliphatic heterocycles. The lowest BCUT2D eigenvalue weighted by Gasteiger charge is -2.18. The number of nitrogens with one attached hydrogen (secondary N) is 2. The van der Waals surface area contributed by atoms with E-state index in [0.717, 1.165) is 0 Å². The van der Waals surface area contributed by atoms with Gasteiger partial charge in [0.2, 0.25) is 11.8 Å². The maximum Gasteiger partial charge on any atom is 0.242 e. The molecule has 2 atom stereocenters. The Kier molecular flexibility index (Phi) is 5.87. The largest absolute Gasteiger partial charge is 0.394 e. The lowest BCUT2D eigenvalue weighted by atomic mass is 10.2. The van der Waals surface area contributed by atoms with Crippen molar-refractivity contribution < 1.29 is 14.7 Å². The first-order valence-electron chi connectivity index (χ1n) is 4.69. The van der Waals surface area contributed by atoms with Gasteiger partial charge in [0.1, 0.15) is 6.04 Å². The summed E-state index contributed by atoms with van der Waals surface area (Å²) in [6, 6.07) is -0.799. The second-order valence-electron chi connectivity index (χ2n) is 3.22. The van der Waals surface area contributed by atoms with E-state index in [1.54, 1.807) is 6.92 Å². The van der Waals surface area contributed by atoms with E-state index in [0.29, 0.717) is 6.42 Å². The zero-order valence-electron chi connectivity index (χ0n) is 8.83. The molecule has 0 aliphatic carbocycles. The molecular formula is C9H18N2O3. The molecule has 3 N–H and O–H groups in total. The summed E-state index contributed by atoms with van der Waals surface area (Å²) < 4.78 is 0. The second kappa shape index (κ2) is 6.37. The average Bonchev–Trinajstić information content (AvgIpc) is 2.12. The van der Waals surface area contributed by atoms with Gasteiger partial charge >= 0.3 is 0 Å². The molecular weight excluding hydrogens is 184 g/mol. The van der Waals surface area contributed by atoms with E-state index in [9.17, 15) is 9.59 Å². The van der Waals surface area contributed by atoms with Gasteiger partial charge < -0.3 is 15.7 Å². The number of aliphatic hydroxyl groups is 1. The minimum absolute atomic E-state index is 0.0883. The summed E-state index contributed by atoms with van der Waals surface area (Å²) >= 11 is 0. The van der Waals surface area contributed by atoms with Crippen LogP contribution in [0.2, 0.25) is 0 Å². The zero-order chi connectivity index (χ0) is 11.1. The van der Waals surface area contributed by atoms with Crippen LogP contribution < -0.4 is 10.6 Å². The van der Waals surface area contributed by atoms with E-state index in [4.69, 9.17) is 5.11 Å². The van der Waals surface area contributed by atoms with Crippen molar-refractivity contribution in [2.24, 2.45) is 0 Å². The molecule has 0 aromatic carbocycles. The number of rotatable bonds is 5. The van der Waals surface area contributed by atoms with Crippen LogP contribution in [-0.4, -0.2) is 35.6 Å². The molecule has 0 aromatic heterocycles. The Labute approximate surface area is 83.9 Å². The molecule has 0 rings (SSSR count). The molecule has 0 aromatic rings. The van der Waals surface area contributed by atoms with Gasteiger partial charge in [0.05, 0.1) is 12.6 Å². The lowest BCUT2D eigenvalue weighted by Crippen LogP contribution is -2.48. The fourth-order valence-electron chi connectivity index (χ4n) is 0.973. The summed E-state index contributed by atoms with van der Waals surface area (Å²) in [5.41, 5.74) is 0. The number of amides is 2. The lowest BCUT2D eigenvalue weighted by molar-refractivity contribution is -0.128. The van der Waals surface area contributed by atoms with Crippen molar-refractivity contribution in [2.75, 3.05) is 6.61 Å². The standard InChI is InChI=1S/C9H18N2O3/c1-4-8(5-12)11-9(14)6(2)10-7(3)13/h6,8,12H,4-5H2,1-3H3,(H,10,13)(H,11,14). The summed E-state index contributed by atoms with van der Waals surface area (Å²) in [5, 5.41) is 13.9. The molecule has 0 bridgehead atoms. The molecule has 0 aliphatic rings. The SMILES string of the molecule is CCC(CO)NC(=O)C(C)NC(C)=O. The first-order valence-corrected chi connectivity index (χ1v) is 4.69. The number of aliphatic hydroxyl groups excluding tert-OH is 1. The summed E-state index contributed by atoms with van der Waals surface area (Å²) in [6.45, 7) is 4.73. The monoisotopic (exact) mass is 202 g/mol. The Morgan fingerprint density at radius 2 is 1.93 bits per heavy atom. The molecule has 0 heterocycles. The Balaban J connectivity index is 3.99.